The lowest BCUT2D eigenvalue weighted by atomic mass is 9.99. The molecule has 1 heterocycles. The number of urea groups is 1. The third-order valence-electron chi connectivity index (χ3n) is 6.89. The van der Waals surface area contributed by atoms with Gasteiger partial charge < -0.3 is 20.4 Å². The minimum atomic E-state index is -1.28. The molecule has 0 aromatic heterocycles. The van der Waals surface area contributed by atoms with Crippen LogP contribution in [0.5, 0.6) is 0 Å². The number of hydrogen-bond donors (Lipinski definition) is 2. The first-order valence-corrected chi connectivity index (χ1v) is 13.3. The van der Waals surface area contributed by atoms with E-state index >= 15 is 0 Å². The van der Waals surface area contributed by atoms with Crippen LogP contribution in [-0.2, 0) is 4.79 Å². The van der Waals surface area contributed by atoms with E-state index in [1.165, 1.54) is 4.90 Å². The third-order valence-corrected chi connectivity index (χ3v) is 6.89. The Bertz CT molecular complexity index is 1630. The fraction of sp³-hybridized carbons (Fsp3) is 0.152. The summed E-state index contributed by atoms with van der Waals surface area (Å²) in [5.41, 5.74) is 5.40. The number of fused-ring (bicyclic) bond motifs is 1. The molecule has 5 rings (SSSR count). The molecular formula is C33H31N5O3. The molecule has 2 N–H and O–H groups in total. The van der Waals surface area contributed by atoms with Crippen molar-refractivity contribution < 1.29 is 14.4 Å². The van der Waals surface area contributed by atoms with Gasteiger partial charge in [0.05, 0.1) is 17.9 Å². The third kappa shape index (κ3) is 6.01. The SMILES string of the molecule is Cc1ccccc1C(=O)CN1C(=O)[C@H](NC(=O)Nc2cccc(N(C)C)c2)N=C(c2ccccc2)c2ccccc21. The van der Waals surface area contributed by atoms with E-state index in [1.54, 1.807) is 24.3 Å². The first-order chi connectivity index (χ1) is 19.8. The smallest absolute Gasteiger partial charge is 0.321 e. The Hall–Kier alpha value is -5.24. The van der Waals surface area contributed by atoms with Gasteiger partial charge in [0.15, 0.2) is 5.78 Å². The molecule has 0 fully saturated rings. The molecule has 0 radical (unpaired) electrons. The minimum absolute atomic E-state index is 0.205. The monoisotopic (exact) mass is 545 g/mol. The molecule has 8 heteroatoms. The molecule has 8 nitrogen and oxygen atoms in total. The van der Waals surface area contributed by atoms with Crippen LogP contribution in [-0.4, -0.2) is 50.2 Å². The van der Waals surface area contributed by atoms with Gasteiger partial charge in [-0.25, -0.2) is 9.79 Å². The molecule has 0 spiro atoms. The zero-order chi connectivity index (χ0) is 28.9. The minimum Gasteiger partial charge on any atom is -0.378 e. The Morgan fingerprint density at radius 1 is 0.878 bits per heavy atom. The van der Waals surface area contributed by atoms with Gasteiger partial charge in [-0.3, -0.25) is 9.59 Å². The number of hydrogen-bond acceptors (Lipinski definition) is 5. The van der Waals surface area contributed by atoms with Gasteiger partial charge in [-0.05, 0) is 36.8 Å². The highest BCUT2D eigenvalue weighted by atomic mass is 16.2. The predicted molar refractivity (Wildman–Crippen MR) is 163 cm³/mol. The normalized spacial score (nSPS) is 14.4. The number of rotatable bonds is 7. The van der Waals surface area contributed by atoms with Crippen molar-refractivity contribution in [3.63, 3.8) is 0 Å². The number of para-hydroxylation sites is 1. The number of Topliss-reactive ketones (excluding diaryl/α,β-unsaturated/α-hetero) is 1. The largest absolute Gasteiger partial charge is 0.378 e. The van der Waals surface area contributed by atoms with Crippen molar-refractivity contribution >= 4 is 40.5 Å². The molecule has 1 aliphatic rings. The summed E-state index contributed by atoms with van der Waals surface area (Å²) in [6.07, 6.45) is -1.28. The standard InChI is InChI=1S/C33H31N5O3/c1-22-12-7-8-17-26(22)29(39)21-38-28-19-10-9-18-27(28)30(23-13-5-4-6-14-23)35-31(32(38)40)36-33(41)34-24-15-11-16-25(20-24)37(2)3/h4-20,31H,21H2,1-3H3,(H2,34,36,41)/t31-/m0/s1. The van der Waals surface area contributed by atoms with Crippen molar-refractivity contribution in [1.82, 2.24) is 5.32 Å². The molecule has 1 atom stereocenters. The first kappa shape index (κ1) is 27.3. The van der Waals surface area contributed by atoms with E-state index in [9.17, 15) is 14.4 Å². The van der Waals surface area contributed by atoms with E-state index in [4.69, 9.17) is 4.99 Å². The van der Waals surface area contributed by atoms with Gasteiger partial charge in [0.1, 0.15) is 0 Å². The fourth-order valence-corrected chi connectivity index (χ4v) is 4.78. The zero-order valence-corrected chi connectivity index (χ0v) is 23.2. The van der Waals surface area contributed by atoms with E-state index < -0.39 is 18.1 Å². The second kappa shape index (κ2) is 11.9. The second-order valence-electron chi connectivity index (χ2n) is 9.97. The summed E-state index contributed by atoms with van der Waals surface area (Å²) in [7, 11) is 3.82. The van der Waals surface area contributed by atoms with Gasteiger partial charge in [-0.1, -0.05) is 78.9 Å². The molecule has 0 aliphatic carbocycles. The number of benzene rings is 4. The van der Waals surface area contributed by atoms with Gasteiger partial charge in [0, 0.05) is 42.2 Å². The second-order valence-corrected chi connectivity index (χ2v) is 9.97. The number of carbonyl (C=O) groups excluding carboxylic acids is 3. The highest BCUT2D eigenvalue weighted by Crippen LogP contribution is 2.29. The van der Waals surface area contributed by atoms with Crippen molar-refractivity contribution in [3.05, 3.63) is 125 Å². The number of benzodiazepines with no additional fused rings is 1. The number of amides is 3. The van der Waals surface area contributed by atoms with E-state index in [1.807, 2.05) is 105 Å². The van der Waals surface area contributed by atoms with Crippen LogP contribution in [0, 0.1) is 6.92 Å². The number of anilines is 3. The van der Waals surface area contributed by atoms with Crippen LogP contribution >= 0.6 is 0 Å². The number of ketones is 1. The van der Waals surface area contributed by atoms with Crippen molar-refractivity contribution in [2.45, 2.75) is 13.1 Å². The number of nitrogens with zero attached hydrogens (tertiary/aromatic N) is 3. The Morgan fingerprint density at radius 2 is 1.59 bits per heavy atom. The van der Waals surface area contributed by atoms with Crippen molar-refractivity contribution in [2.75, 3.05) is 35.8 Å². The van der Waals surface area contributed by atoms with Gasteiger partial charge in [-0.2, -0.15) is 0 Å². The summed E-state index contributed by atoms with van der Waals surface area (Å²) >= 11 is 0. The highest BCUT2D eigenvalue weighted by Gasteiger charge is 2.34. The van der Waals surface area contributed by atoms with Gasteiger partial charge >= 0.3 is 6.03 Å². The van der Waals surface area contributed by atoms with Crippen LogP contribution in [0.4, 0.5) is 21.9 Å². The Labute approximate surface area is 239 Å². The van der Waals surface area contributed by atoms with E-state index in [0.717, 1.165) is 16.8 Å². The van der Waals surface area contributed by atoms with Crippen LogP contribution in [0.3, 0.4) is 0 Å². The van der Waals surface area contributed by atoms with Crippen LogP contribution in [0.25, 0.3) is 0 Å². The van der Waals surface area contributed by atoms with E-state index in [-0.39, 0.29) is 12.3 Å². The van der Waals surface area contributed by atoms with Crippen molar-refractivity contribution in [2.24, 2.45) is 4.99 Å². The Kier molecular flexibility index (Phi) is 7.92. The van der Waals surface area contributed by atoms with Crippen LogP contribution in [0.1, 0.15) is 27.0 Å². The molecule has 41 heavy (non-hydrogen) atoms. The lowest BCUT2D eigenvalue weighted by Crippen LogP contribution is -2.50. The molecule has 0 unspecified atom stereocenters. The highest BCUT2D eigenvalue weighted by molar-refractivity contribution is 6.21. The Balaban J connectivity index is 1.52. The van der Waals surface area contributed by atoms with Gasteiger partial charge in [0.25, 0.3) is 5.91 Å². The molecule has 0 bridgehead atoms. The maximum Gasteiger partial charge on any atom is 0.321 e. The van der Waals surface area contributed by atoms with Crippen LogP contribution < -0.4 is 20.4 Å². The summed E-state index contributed by atoms with van der Waals surface area (Å²) in [6.45, 7) is 1.66. The topological polar surface area (TPSA) is 94.1 Å². The molecular weight excluding hydrogens is 514 g/mol. The quantitative estimate of drug-likeness (QED) is 0.309. The molecule has 0 saturated carbocycles. The first-order valence-electron chi connectivity index (χ1n) is 13.3. The van der Waals surface area contributed by atoms with Gasteiger partial charge in [-0.15, -0.1) is 0 Å². The van der Waals surface area contributed by atoms with Crippen molar-refractivity contribution in [1.29, 1.82) is 0 Å². The molecule has 3 amide bonds. The lowest BCUT2D eigenvalue weighted by molar-refractivity contribution is -0.120. The molecule has 4 aromatic carbocycles. The number of aliphatic imine (C=N–C) groups is 1. The summed E-state index contributed by atoms with van der Waals surface area (Å²) in [6, 6.07) is 30.9. The molecule has 206 valence electrons. The van der Waals surface area contributed by atoms with Crippen molar-refractivity contribution in [3.8, 4) is 0 Å². The van der Waals surface area contributed by atoms with Crippen LogP contribution in [0.2, 0.25) is 0 Å². The zero-order valence-electron chi connectivity index (χ0n) is 23.2. The van der Waals surface area contributed by atoms with E-state index in [2.05, 4.69) is 10.6 Å². The maximum absolute atomic E-state index is 14.1. The summed E-state index contributed by atoms with van der Waals surface area (Å²) in [5.74, 6) is -0.722. The predicted octanol–water partition coefficient (Wildman–Crippen LogP) is 5.28. The van der Waals surface area contributed by atoms with Gasteiger partial charge in [0.2, 0.25) is 6.17 Å². The molecule has 4 aromatic rings. The number of nitrogens with one attached hydrogen (secondary N) is 2. The number of carbonyl (C=O) groups is 3. The average Bonchev–Trinajstić information content (AvgIpc) is 3.08. The fourth-order valence-electron chi connectivity index (χ4n) is 4.78. The molecule has 1 aliphatic heterocycles. The van der Waals surface area contributed by atoms with Crippen LogP contribution in [0.15, 0.2) is 108 Å². The summed E-state index contributed by atoms with van der Waals surface area (Å²) in [4.78, 5) is 48.9. The summed E-state index contributed by atoms with van der Waals surface area (Å²) in [5, 5.41) is 5.55. The summed E-state index contributed by atoms with van der Waals surface area (Å²) < 4.78 is 0. The number of aryl methyl sites for hydroxylation is 1. The maximum atomic E-state index is 14.1. The molecule has 0 saturated heterocycles. The van der Waals surface area contributed by atoms with E-state index in [0.29, 0.717) is 28.2 Å². The average molecular weight is 546 g/mol. The lowest BCUT2D eigenvalue weighted by Gasteiger charge is -2.25. The Morgan fingerprint density at radius 3 is 2.34 bits per heavy atom.